The summed E-state index contributed by atoms with van der Waals surface area (Å²) in [5, 5.41) is 0. The first-order valence-corrected chi connectivity index (χ1v) is 5.62. The Morgan fingerprint density at radius 3 is 2.62 bits per heavy atom. The van der Waals surface area contributed by atoms with Crippen LogP contribution >= 0.6 is 0 Å². The highest BCUT2D eigenvalue weighted by Crippen LogP contribution is 2.38. The minimum atomic E-state index is -0.342. The lowest BCUT2D eigenvalue weighted by Gasteiger charge is -2.26. The fourth-order valence-corrected chi connectivity index (χ4v) is 2.47. The quantitative estimate of drug-likeness (QED) is 0.793. The van der Waals surface area contributed by atoms with Crippen LogP contribution in [0.2, 0.25) is 0 Å². The molecule has 1 aliphatic rings. The molecular weight excluding hydrogens is 202 g/mol. The molecule has 2 N–H and O–H groups in total. The lowest BCUT2D eigenvalue weighted by Crippen LogP contribution is -2.34. The second-order valence-electron chi connectivity index (χ2n) is 4.43. The molecular formula is C13H17NO2. The fourth-order valence-electron chi connectivity index (χ4n) is 2.47. The molecule has 0 atom stereocenters. The van der Waals surface area contributed by atoms with Crippen LogP contribution in [0, 0.1) is 0 Å². The van der Waals surface area contributed by atoms with Crippen molar-refractivity contribution in [2.75, 3.05) is 7.11 Å². The second kappa shape index (κ2) is 4.26. The van der Waals surface area contributed by atoms with Crippen LogP contribution in [0.4, 0.5) is 0 Å². The van der Waals surface area contributed by atoms with E-state index >= 15 is 0 Å². The zero-order valence-electron chi connectivity index (χ0n) is 9.53. The van der Waals surface area contributed by atoms with Crippen LogP contribution in [0.5, 0.6) is 5.75 Å². The number of carbonyl (C=O) groups excluding carboxylic acids is 1. The molecule has 0 aromatic heterocycles. The largest absolute Gasteiger partial charge is 0.497 e. The number of rotatable bonds is 3. The predicted molar refractivity (Wildman–Crippen MR) is 62.7 cm³/mol. The molecule has 1 fully saturated rings. The Morgan fingerprint density at radius 2 is 2.06 bits per heavy atom. The van der Waals surface area contributed by atoms with E-state index in [1.807, 2.05) is 6.07 Å². The molecule has 1 saturated carbocycles. The van der Waals surface area contributed by atoms with Crippen molar-refractivity contribution in [3.05, 3.63) is 29.3 Å². The summed E-state index contributed by atoms with van der Waals surface area (Å²) < 4.78 is 5.19. The number of methoxy groups -OCH3 is 1. The Balaban J connectivity index is 2.47. The third kappa shape index (κ3) is 1.83. The summed E-state index contributed by atoms with van der Waals surface area (Å²) in [6.45, 7) is 0. The van der Waals surface area contributed by atoms with Crippen LogP contribution in [0.3, 0.4) is 0 Å². The van der Waals surface area contributed by atoms with Gasteiger partial charge in [-0.2, -0.15) is 0 Å². The summed E-state index contributed by atoms with van der Waals surface area (Å²) in [5.41, 5.74) is 7.64. The summed E-state index contributed by atoms with van der Waals surface area (Å²) in [5.74, 6) is 0.761. The number of ether oxygens (including phenoxy) is 1. The average molecular weight is 219 g/mol. The maximum Gasteiger partial charge on any atom is 0.150 e. The Hall–Kier alpha value is -1.35. The molecule has 0 bridgehead atoms. The molecule has 16 heavy (non-hydrogen) atoms. The van der Waals surface area contributed by atoms with Crippen molar-refractivity contribution in [3.63, 3.8) is 0 Å². The highest BCUT2D eigenvalue weighted by atomic mass is 16.5. The number of aldehydes is 1. The van der Waals surface area contributed by atoms with Gasteiger partial charge in [-0.25, -0.2) is 0 Å². The molecule has 0 spiro atoms. The first-order chi connectivity index (χ1) is 7.69. The maximum atomic E-state index is 11.0. The molecule has 0 amide bonds. The van der Waals surface area contributed by atoms with Crippen molar-refractivity contribution in [1.29, 1.82) is 0 Å². The minimum absolute atomic E-state index is 0.342. The van der Waals surface area contributed by atoms with Gasteiger partial charge in [0.2, 0.25) is 0 Å². The average Bonchev–Trinajstić information content (AvgIpc) is 2.76. The molecule has 2 rings (SSSR count). The summed E-state index contributed by atoms with van der Waals surface area (Å²) in [6.07, 6.45) is 5.03. The molecule has 0 heterocycles. The van der Waals surface area contributed by atoms with Gasteiger partial charge in [0.15, 0.2) is 0 Å². The summed E-state index contributed by atoms with van der Waals surface area (Å²) in [6, 6.07) is 5.48. The Labute approximate surface area is 95.6 Å². The van der Waals surface area contributed by atoms with Gasteiger partial charge >= 0.3 is 0 Å². The maximum absolute atomic E-state index is 11.0. The van der Waals surface area contributed by atoms with Crippen molar-refractivity contribution >= 4 is 6.29 Å². The lowest BCUT2D eigenvalue weighted by molar-refractivity contribution is 0.112. The van der Waals surface area contributed by atoms with E-state index in [0.29, 0.717) is 5.56 Å². The Kier molecular flexibility index (Phi) is 2.97. The van der Waals surface area contributed by atoms with Crippen molar-refractivity contribution in [1.82, 2.24) is 0 Å². The van der Waals surface area contributed by atoms with Crippen LogP contribution in [-0.4, -0.2) is 13.4 Å². The predicted octanol–water partition coefficient (Wildman–Crippen LogP) is 2.24. The molecule has 86 valence electrons. The minimum Gasteiger partial charge on any atom is -0.497 e. The van der Waals surface area contributed by atoms with Gasteiger partial charge < -0.3 is 10.5 Å². The molecule has 0 unspecified atom stereocenters. The van der Waals surface area contributed by atoms with Crippen LogP contribution in [-0.2, 0) is 5.54 Å². The smallest absolute Gasteiger partial charge is 0.150 e. The van der Waals surface area contributed by atoms with Gasteiger partial charge in [0.25, 0.3) is 0 Å². The molecule has 1 aromatic carbocycles. The third-order valence-corrected chi connectivity index (χ3v) is 3.42. The van der Waals surface area contributed by atoms with E-state index in [0.717, 1.165) is 43.3 Å². The van der Waals surface area contributed by atoms with Crippen LogP contribution in [0.25, 0.3) is 0 Å². The van der Waals surface area contributed by atoms with Gasteiger partial charge in [-0.3, -0.25) is 4.79 Å². The van der Waals surface area contributed by atoms with Crippen LogP contribution in [0.15, 0.2) is 18.2 Å². The lowest BCUT2D eigenvalue weighted by atomic mass is 9.86. The molecule has 1 aliphatic carbocycles. The monoisotopic (exact) mass is 219 g/mol. The SMILES string of the molecule is COc1ccc(C=O)c(C2(N)CCCC2)c1. The highest BCUT2D eigenvalue weighted by molar-refractivity contribution is 5.78. The van der Waals surface area contributed by atoms with E-state index < -0.39 is 0 Å². The van der Waals surface area contributed by atoms with Gasteiger partial charge in [-0.1, -0.05) is 12.8 Å². The normalized spacial score (nSPS) is 18.4. The van der Waals surface area contributed by atoms with E-state index in [4.69, 9.17) is 10.5 Å². The van der Waals surface area contributed by atoms with Crippen molar-refractivity contribution in [2.24, 2.45) is 5.73 Å². The van der Waals surface area contributed by atoms with Crippen molar-refractivity contribution in [2.45, 2.75) is 31.2 Å². The standard InChI is InChI=1S/C13H17NO2/c1-16-11-5-4-10(9-15)12(8-11)13(14)6-2-3-7-13/h4-5,8-9H,2-3,6-7,14H2,1H3. The Bertz CT molecular complexity index is 395. The summed E-state index contributed by atoms with van der Waals surface area (Å²) >= 11 is 0. The van der Waals surface area contributed by atoms with Gasteiger partial charge in [-0.05, 0) is 36.6 Å². The number of benzene rings is 1. The zero-order valence-corrected chi connectivity index (χ0v) is 9.53. The molecule has 0 radical (unpaired) electrons. The third-order valence-electron chi connectivity index (χ3n) is 3.42. The van der Waals surface area contributed by atoms with E-state index in [2.05, 4.69) is 0 Å². The highest BCUT2D eigenvalue weighted by Gasteiger charge is 2.33. The number of hydrogen-bond donors (Lipinski definition) is 1. The first kappa shape index (κ1) is 11.1. The summed E-state index contributed by atoms with van der Waals surface area (Å²) in [7, 11) is 1.62. The topological polar surface area (TPSA) is 52.3 Å². The van der Waals surface area contributed by atoms with Crippen LogP contribution in [0.1, 0.15) is 41.6 Å². The van der Waals surface area contributed by atoms with E-state index in [9.17, 15) is 4.79 Å². The van der Waals surface area contributed by atoms with E-state index in [1.54, 1.807) is 19.2 Å². The number of nitrogens with two attached hydrogens (primary N) is 1. The van der Waals surface area contributed by atoms with Gasteiger partial charge in [-0.15, -0.1) is 0 Å². The fraction of sp³-hybridized carbons (Fsp3) is 0.462. The zero-order chi connectivity index (χ0) is 11.6. The molecule has 0 saturated heterocycles. The van der Waals surface area contributed by atoms with Gasteiger partial charge in [0.1, 0.15) is 12.0 Å². The van der Waals surface area contributed by atoms with Crippen LogP contribution < -0.4 is 10.5 Å². The molecule has 3 heteroatoms. The van der Waals surface area contributed by atoms with Crippen molar-refractivity contribution < 1.29 is 9.53 Å². The molecule has 3 nitrogen and oxygen atoms in total. The molecule has 1 aromatic rings. The van der Waals surface area contributed by atoms with E-state index in [-0.39, 0.29) is 5.54 Å². The van der Waals surface area contributed by atoms with Gasteiger partial charge in [0.05, 0.1) is 7.11 Å². The summed E-state index contributed by atoms with van der Waals surface area (Å²) in [4.78, 5) is 11.0. The second-order valence-corrected chi connectivity index (χ2v) is 4.43. The van der Waals surface area contributed by atoms with Crippen molar-refractivity contribution in [3.8, 4) is 5.75 Å². The Morgan fingerprint density at radius 1 is 1.38 bits per heavy atom. The van der Waals surface area contributed by atoms with E-state index in [1.165, 1.54) is 0 Å². The number of carbonyl (C=O) groups is 1. The molecule has 0 aliphatic heterocycles. The van der Waals surface area contributed by atoms with Gasteiger partial charge in [0, 0.05) is 11.1 Å². The number of hydrogen-bond acceptors (Lipinski definition) is 3. The first-order valence-electron chi connectivity index (χ1n) is 5.62.